The standard InChI is InChI=1S/C43H50N6O4/c1-46-38-28-35(12-13-36(38)40(45-46)37-14-15-39(50)44-41(37)52-30-33-8-4-2-5-9-33)48-26-20-43(21-27-48)18-24-47(25-19-43)29-32-16-22-49(23-17-32)42(51)53-31-34-10-6-3-7-11-34/h2-15,28,32H,16-27,29-31H2,1H3,(H,44,50). The molecule has 1 N–H and O–H groups in total. The van der Waals surface area contributed by atoms with Crippen molar-refractivity contribution in [1.29, 1.82) is 0 Å². The molecule has 1 amide bonds. The van der Waals surface area contributed by atoms with Crippen molar-refractivity contribution >= 4 is 22.7 Å². The van der Waals surface area contributed by atoms with Crippen molar-refractivity contribution in [3.63, 3.8) is 0 Å². The van der Waals surface area contributed by atoms with Crippen LogP contribution in [0.1, 0.15) is 49.7 Å². The topological polar surface area (TPSA) is 96.2 Å². The van der Waals surface area contributed by atoms with Crippen LogP contribution in [0.3, 0.4) is 0 Å². The molecule has 276 valence electrons. The summed E-state index contributed by atoms with van der Waals surface area (Å²) in [4.78, 5) is 24.1. The molecule has 1 spiro atoms. The molecular formula is C43H50N6O4. The number of rotatable bonds is 9. The SMILES string of the molecule is Cn1nc(-c2ccc(O)nc2OCc2ccccc2)c2ccc(N3CCC4(CCN(CC5CCN(C(=O)OCc6ccccc6)CC5)CC4)CC3)cc21. The van der Waals surface area contributed by atoms with E-state index in [0.717, 1.165) is 78.9 Å². The lowest BCUT2D eigenvalue weighted by atomic mass is 9.71. The van der Waals surface area contributed by atoms with Gasteiger partial charge in [0.05, 0.1) is 11.1 Å². The number of pyridine rings is 1. The summed E-state index contributed by atoms with van der Waals surface area (Å²) in [6, 6.07) is 29.9. The molecule has 2 aromatic heterocycles. The highest BCUT2D eigenvalue weighted by molar-refractivity contribution is 5.96. The van der Waals surface area contributed by atoms with E-state index in [1.165, 1.54) is 44.5 Å². The van der Waals surface area contributed by atoms with Crippen molar-refractivity contribution < 1.29 is 19.4 Å². The minimum Gasteiger partial charge on any atom is -0.493 e. The van der Waals surface area contributed by atoms with E-state index in [1.807, 2.05) is 83.4 Å². The maximum atomic E-state index is 12.6. The summed E-state index contributed by atoms with van der Waals surface area (Å²) in [6.07, 6.45) is 6.90. The van der Waals surface area contributed by atoms with Crippen molar-refractivity contribution in [3.05, 3.63) is 102 Å². The van der Waals surface area contributed by atoms with E-state index in [4.69, 9.17) is 14.6 Å². The molecule has 0 saturated carbocycles. The van der Waals surface area contributed by atoms with E-state index in [0.29, 0.717) is 30.4 Å². The first-order chi connectivity index (χ1) is 25.9. The van der Waals surface area contributed by atoms with Gasteiger partial charge in [0, 0.05) is 56.9 Å². The van der Waals surface area contributed by atoms with Crippen LogP contribution in [0, 0.1) is 11.3 Å². The molecule has 3 saturated heterocycles. The highest BCUT2D eigenvalue weighted by Gasteiger charge is 2.38. The second-order valence-electron chi connectivity index (χ2n) is 15.2. The second kappa shape index (κ2) is 15.5. The first-order valence-corrected chi connectivity index (χ1v) is 19.2. The summed E-state index contributed by atoms with van der Waals surface area (Å²) in [6.45, 7) is 7.87. The number of benzene rings is 3. The summed E-state index contributed by atoms with van der Waals surface area (Å²) in [5.41, 5.74) is 6.33. The smallest absolute Gasteiger partial charge is 0.410 e. The lowest BCUT2D eigenvalue weighted by molar-refractivity contribution is 0.0535. The first kappa shape index (κ1) is 35.0. The predicted molar refractivity (Wildman–Crippen MR) is 207 cm³/mol. The third-order valence-corrected chi connectivity index (χ3v) is 11.9. The van der Waals surface area contributed by atoms with Gasteiger partial charge in [0.15, 0.2) is 0 Å². The lowest BCUT2D eigenvalue weighted by Gasteiger charge is -2.48. The van der Waals surface area contributed by atoms with E-state index in [1.54, 1.807) is 6.07 Å². The third kappa shape index (κ3) is 7.98. The van der Waals surface area contributed by atoms with Crippen LogP contribution in [-0.2, 0) is 25.0 Å². The minimum absolute atomic E-state index is 0.0796. The van der Waals surface area contributed by atoms with Gasteiger partial charge in [0.25, 0.3) is 0 Å². The quantitative estimate of drug-likeness (QED) is 0.166. The molecule has 8 rings (SSSR count). The highest BCUT2D eigenvalue weighted by Crippen LogP contribution is 2.43. The number of hydrogen-bond donors (Lipinski definition) is 1. The molecule has 10 heteroatoms. The summed E-state index contributed by atoms with van der Waals surface area (Å²) >= 11 is 0. The van der Waals surface area contributed by atoms with E-state index in [-0.39, 0.29) is 12.0 Å². The van der Waals surface area contributed by atoms with Crippen LogP contribution in [0.25, 0.3) is 22.2 Å². The molecule has 5 heterocycles. The summed E-state index contributed by atoms with van der Waals surface area (Å²) in [7, 11) is 1.98. The molecule has 5 aromatic rings. The van der Waals surface area contributed by atoms with Gasteiger partial charge in [-0.2, -0.15) is 10.1 Å². The van der Waals surface area contributed by atoms with Gasteiger partial charge in [-0.3, -0.25) is 4.68 Å². The molecule has 3 fully saturated rings. The molecular weight excluding hydrogens is 665 g/mol. The fourth-order valence-corrected chi connectivity index (χ4v) is 8.51. The van der Waals surface area contributed by atoms with Crippen LogP contribution in [0.15, 0.2) is 91.0 Å². The molecule has 0 unspecified atom stereocenters. The Bertz CT molecular complexity index is 1990. The summed E-state index contributed by atoms with van der Waals surface area (Å²) in [5, 5.41) is 16.1. The third-order valence-electron chi connectivity index (χ3n) is 11.9. The number of piperidine rings is 3. The summed E-state index contributed by atoms with van der Waals surface area (Å²) < 4.78 is 13.6. The van der Waals surface area contributed by atoms with Crippen LogP contribution in [0.5, 0.6) is 11.8 Å². The van der Waals surface area contributed by atoms with Crippen LogP contribution in [0.2, 0.25) is 0 Å². The number of hydrogen-bond acceptors (Lipinski definition) is 8. The van der Waals surface area contributed by atoms with Gasteiger partial charge in [0.2, 0.25) is 11.8 Å². The Kier molecular flexibility index (Phi) is 10.2. The first-order valence-electron chi connectivity index (χ1n) is 19.2. The normalized spacial score (nSPS) is 18.1. The van der Waals surface area contributed by atoms with Crippen LogP contribution >= 0.6 is 0 Å². The van der Waals surface area contributed by atoms with Gasteiger partial charge >= 0.3 is 6.09 Å². The summed E-state index contributed by atoms with van der Waals surface area (Å²) in [5.74, 6) is 0.932. The van der Waals surface area contributed by atoms with Gasteiger partial charge in [-0.15, -0.1) is 0 Å². The van der Waals surface area contributed by atoms with Gasteiger partial charge in [-0.25, -0.2) is 4.79 Å². The number of ether oxygens (including phenoxy) is 2. The number of aromatic nitrogens is 3. The zero-order valence-electron chi connectivity index (χ0n) is 30.7. The number of nitrogens with zero attached hydrogens (tertiary/aromatic N) is 6. The zero-order valence-corrected chi connectivity index (χ0v) is 30.7. The Balaban J connectivity index is 0.829. The van der Waals surface area contributed by atoms with Crippen molar-refractivity contribution in [1.82, 2.24) is 24.6 Å². The zero-order chi connectivity index (χ0) is 36.2. The average Bonchev–Trinajstić information content (AvgIpc) is 3.53. The molecule has 0 aliphatic carbocycles. The Hall–Kier alpha value is -5.09. The molecule has 0 radical (unpaired) electrons. The monoisotopic (exact) mass is 714 g/mol. The van der Waals surface area contributed by atoms with Crippen LogP contribution in [-0.4, -0.2) is 81.6 Å². The Morgan fingerprint density at radius 2 is 1.47 bits per heavy atom. The molecule has 0 atom stereocenters. The maximum absolute atomic E-state index is 12.6. The van der Waals surface area contributed by atoms with Crippen LogP contribution < -0.4 is 9.64 Å². The number of amides is 1. The molecule has 53 heavy (non-hydrogen) atoms. The molecule has 3 aliphatic rings. The van der Waals surface area contributed by atoms with Crippen LogP contribution in [0.4, 0.5) is 10.5 Å². The van der Waals surface area contributed by atoms with E-state index in [2.05, 4.69) is 33.0 Å². The van der Waals surface area contributed by atoms with Crippen molar-refractivity contribution in [2.24, 2.45) is 18.4 Å². The fraction of sp³-hybridized carbons (Fsp3) is 0.419. The van der Waals surface area contributed by atoms with Crippen molar-refractivity contribution in [2.75, 3.05) is 50.7 Å². The Labute approximate surface area is 311 Å². The molecule has 3 aromatic carbocycles. The molecule has 3 aliphatic heterocycles. The predicted octanol–water partition coefficient (Wildman–Crippen LogP) is 7.65. The Morgan fingerprint density at radius 3 is 2.17 bits per heavy atom. The number of aryl methyl sites for hydroxylation is 1. The number of fused-ring (bicyclic) bond motifs is 1. The van der Waals surface area contributed by atoms with Gasteiger partial charge < -0.3 is 29.3 Å². The number of carbonyl (C=O) groups excluding carboxylic acids is 1. The number of carbonyl (C=O) groups is 1. The molecule has 0 bridgehead atoms. The van der Waals surface area contributed by atoms with Gasteiger partial charge in [0.1, 0.15) is 18.9 Å². The number of aromatic hydroxyl groups is 1. The van der Waals surface area contributed by atoms with Crippen molar-refractivity contribution in [2.45, 2.75) is 51.7 Å². The average molecular weight is 715 g/mol. The maximum Gasteiger partial charge on any atom is 0.410 e. The van der Waals surface area contributed by atoms with E-state index < -0.39 is 0 Å². The van der Waals surface area contributed by atoms with E-state index in [9.17, 15) is 9.90 Å². The molecule has 10 nitrogen and oxygen atoms in total. The van der Waals surface area contributed by atoms with Crippen molar-refractivity contribution in [3.8, 4) is 23.0 Å². The second-order valence-corrected chi connectivity index (χ2v) is 15.2. The number of likely N-dealkylation sites (tertiary alicyclic amines) is 2. The lowest BCUT2D eigenvalue weighted by Crippen LogP contribution is -2.48. The number of anilines is 1. The highest BCUT2D eigenvalue weighted by atomic mass is 16.6. The van der Waals surface area contributed by atoms with Gasteiger partial charge in [-0.05, 0) is 98.3 Å². The minimum atomic E-state index is -0.186. The fourth-order valence-electron chi connectivity index (χ4n) is 8.51. The Morgan fingerprint density at radius 1 is 0.811 bits per heavy atom. The largest absolute Gasteiger partial charge is 0.493 e. The van der Waals surface area contributed by atoms with Gasteiger partial charge in [-0.1, -0.05) is 60.7 Å². The van der Waals surface area contributed by atoms with E-state index >= 15 is 0 Å².